The van der Waals surface area contributed by atoms with Crippen molar-refractivity contribution in [2.24, 2.45) is 29.6 Å². The van der Waals surface area contributed by atoms with E-state index in [-0.39, 0.29) is 11.3 Å². The van der Waals surface area contributed by atoms with Gasteiger partial charge < -0.3 is 9.80 Å². The molecule has 1 aliphatic heterocycles. The van der Waals surface area contributed by atoms with Crippen LogP contribution in [0.15, 0.2) is 235 Å². The minimum atomic E-state index is -0.262. The maximum absolute atomic E-state index is 2.62. The summed E-state index contributed by atoms with van der Waals surface area (Å²) in [5.74, 6) is 2.34. The van der Waals surface area contributed by atoms with Gasteiger partial charge >= 0.3 is 0 Å². The lowest BCUT2D eigenvalue weighted by Crippen LogP contribution is -2.35. The zero-order valence-corrected chi connectivity index (χ0v) is 36.4. The summed E-state index contributed by atoms with van der Waals surface area (Å²) in [6, 6.07) is 59.2. The van der Waals surface area contributed by atoms with E-state index < -0.39 is 0 Å². The van der Waals surface area contributed by atoms with E-state index in [0.29, 0.717) is 29.7 Å². The molecule has 6 aliphatic carbocycles. The molecular formula is C62H52N2. The van der Waals surface area contributed by atoms with Crippen LogP contribution in [-0.4, -0.2) is 6.04 Å². The second-order valence-corrected chi connectivity index (χ2v) is 19.2. The van der Waals surface area contributed by atoms with Crippen LogP contribution in [0.3, 0.4) is 0 Å². The summed E-state index contributed by atoms with van der Waals surface area (Å²) < 4.78 is 0. The minimum absolute atomic E-state index is 0.250. The summed E-state index contributed by atoms with van der Waals surface area (Å²) in [5, 5.41) is 0. The fraction of sp³-hybridized carbons (Fsp3) is 0.194. The fourth-order valence-electron chi connectivity index (χ4n) is 13.1. The lowest BCUT2D eigenvalue weighted by atomic mass is 9.65. The van der Waals surface area contributed by atoms with Crippen LogP contribution in [-0.2, 0) is 5.41 Å². The van der Waals surface area contributed by atoms with Gasteiger partial charge in [0.2, 0.25) is 0 Å². The first-order valence-electron chi connectivity index (χ1n) is 23.6. The van der Waals surface area contributed by atoms with Crippen LogP contribution in [0.2, 0.25) is 0 Å². The van der Waals surface area contributed by atoms with Gasteiger partial charge in [0.25, 0.3) is 0 Å². The van der Waals surface area contributed by atoms with E-state index in [2.05, 4.69) is 229 Å². The Balaban J connectivity index is 0.860. The third kappa shape index (κ3) is 5.64. The average molecular weight is 825 g/mol. The molecular weight excluding hydrogens is 773 g/mol. The van der Waals surface area contributed by atoms with Gasteiger partial charge in [0.1, 0.15) is 0 Å². The molecule has 0 saturated carbocycles. The predicted octanol–water partition coefficient (Wildman–Crippen LogP) is 14.9. The number of benzene rings is 6. The number of fused-ring (bicyclic) bond motifs is 12. The van der Waals surface area contributed by atoms with Crippen molar-refractivity contribution in [1.82, 2.24) is 0 Å². The number of hydrogen-bond donors (Lipinski definition) is 0. The van der Waals surface area contributed by atoms with Gasteiger partial charge in [-0.25, -0.2) is 0 Å². The monoisotopic (exact) mass is 824 g/mol. The highest BCUT2D eigenvalue weighted by molar-refractivity contribution is 5.93. The SMILES string of the molecule is CC1C=CC2C(C1)C1=C(C=CC(C3C=CC(N(C4=CC=C5c6ccccc6C6(c7ccccc7-c7ccccc76)C5C4)c4ccc(-c5ccccc5)cc4)=CC3)C1)N2c1ccccc1. The quantitative estimate of drug-likeness (QED) is 0.154. The Morgan fingerprint density at radius 1 is 0.562 bits per heavy atom. The normalized spacial score (nSPS) is 25.1. The molecule has 64 heavy (non-hydrogen) atoms. The molecule has 0 saturated heterocycles. The Bertz CT molecular complexity index is 3000. The van der Waals surface area contributed by atoms with Crippen LogP contribution in [0, 0.1) is 29.6 Å². The molecule has 2 nitrogen and oxygen atoms in total. The predicted molar refractivity (Wildman–Crippen MR) is 265 cm³/mol. The van der Waals surface area contributed by atoms with Crippen molar-refractivity contribution in [3.05, 3.63) is 257 Å². The molecule has 1 heterocycles. The van der Waals surface area contributed by atoms with Crippen molar-refractivity contribution in [2.75, 3.05) is 9.80 Å². The van der Waals surface area contributed by atoms with Gasteiger partial charge in [-0.3, -0.25) is 0 Å². The topological polar surface area (TPSA) is 6.48 Å². The average Bonchev–Trinajstić information content (AvgIpc) is 3.96. The fourth-order valence-corrected chi connectivity index (χ4v) is 13.1. The summed E-state index contributed by atoms with van der Waals surface area (Å²) in [6.07, 6.45) is 26.7. The Labute approximate surface area is 378 Å². The zero-order chi connectivity index (χ0) is 42.4. The van der Waals surface area contributed by atoms with Gasteiger partial charge in [0.05, 0.1) is 11.5 Å². The Kier molecular flexibility index (Phi) is 8.73. The number of allylic oxidation sites excluding steroid dienone is 10. The van der Waals surface area contributed by atoms with Crippen LogP contribution >= 0.6 is 0 Å². The number of nitrogens with zero attached hydrogens (tertiary/aromatic N) is 2. The van der Waals surface area contributed by atoms with Crippen molar-refractivity contribution < 1.29 is 0 Å². The van der Waals surface area contributed by atoms with E-state index >= 15 is 0 Å². The molecule has 0 aromatic heterocycles. The first kappa shape index (κ1) is 37.6. The largest absolute Gasteiger partial charge is 0.334 e. The maximum atomic E-state index is 2.62. The number of para-hydroxylation sites is 1. The summed E-state index contributed by atoms with van der Waals surface area (Å²) >= 11 is 0. The standard InChI is InChI=1S/C62H52N2/c1-41-24-36-60-54(38-41)55-39-45(29-37-61(55)64(60)46-16-6-3-7-17-46)44-27-32-48(33-28-44)63(47-30-25-43(26-31-47)42-14-4-2-5-15-42)49-34-35-53-52-20-10-13-23-58(52)62(59(53)40-49)56-21-11-8-18-50(56)51-19-9-12-22-57(51)62/h2-27,29-37,41,44-45,54,59-60H,28,38-40H2,1H3. The van der Waals surface area contributed by atoms with E-state index in [1.807, 2.05) is 0 Å². The molecule has 6 aromatic carbocycles. The van der Waals surface area contributed by atoms with Crippen molar-refractivity contribution in [3.8, 4) is 22.3 Å². The number of rotatable bonds is 6. The highest BCUT2D eigenvalue weighted by Crippen LogP contribution is 2.66. The Morgan fingerprint density at radius 2 is 1.19 bits per heavy atom. The van der Waals surface area contributed by atoms with Crippen LogP contribution in [0.25, 0.3) is 27.8 Å². The molecule has 13 rings (SSSR count). The highest BCUT2D eigenvalue weighted by Gasteiger charge is 2.57. The summed E-state index contributed by atoms with van der Waals surface area (Å²) in [4.78, 5) is 5.21. The molecule has 0 N–H and O–H groups in total. The zero-order valence-electron chi connectivity index (χ0n) is 36.4. The van der Waals surface area contributed by atoms with Gasteiger partial charge in [-0.2, -0.15) is 0 Å². The second kappa shape index (κ2) is 14.8. The summed E-state index contributed by atoms with van der Waals surface area (Å²) in [6.45, 7) is 2.39. The number of anilines is 2. The Hall–Kier alpha value is -6.90. The van der Waals surface area contributed by atoms with E-state index in [9.17, 15) is 0 Å². The smallest absolute Gasteiger partial charge is 0.0588 e. The molecule has 6 unspecified atom stereocenters. The Morgan fingerprint density at radius 3 is 1.89 bits per heavy atom. The van der Waals surface area contributed by atoms with Crippen molar-refractivity contribution in [1.29, 1.82) is 0 Å². The van der Waals surface area contributed by atoms with Crippen LogP contribution < -0.4 is 9.80 Å². The summed E-state index contributed by atoms with van der Waals surface area (Å²) in [5.41, 5.74) is 20.4. The van der Waals surface area contributed by atoms with Gasteiger partial charge in [0, 0.05) is 40.3 Å². The van der Waals surface area contributed by atoms with E-state index in [1.165, 1.54) is 85.0 Å². The second-order valence-electron chi connectivity index (χ2n) is 19.2. The first-order chi connectivity index (χ1) is 31.6. The third-order valence-corrected chi connectivity index (χ3v) is 15.9. The minimum Gasteiger partial charge on any atom is -0.334 e. The van der Waals surface area contributed by atoms with Gasteiger partial charge in [-0.05, 0) is 142 Å². The maximum Gasteiger partial charge on any atom is 0.0588 e. The molecule has 6 atom stereocenters. The van der Waals surface area contributed by atoms with Crippen LogP contribution in [0.5, 0.6) is 0 Å². The number of hydrogen-bond acceptors (Lipinski definition) is 2. The van der Waals surface area contributed by atoms with E-state index in [0.717, 1.165) is 19.3 Å². The first-order valence-corrected chi connectivity index (χ1v) is 23.6. The van der Waals surface area contributed by atoms with Crippen molar-refractivity contribution >= 4 is 16.9 Å². The summed E-state index contributed by atoms with van der Waals surface area (Å²) in [7, 11) is 0. The van der Waals surface area contributed by atoms with Crippen LogP contribution in [0.4, 0.5) is 11.4 Å². The highest BCUT2D eigenvalue weighted by atomic mass is 15.2. The van der Waals surface area contributed by atoms with Crippen molar-refractivity contribution in [3.63, 3.8) is 0 Å². The van der Waals surface area contributed by atoms with Crippen LogP contribution in [0.1, 0.15) is 54.9 Å². The molecule has 0 fully saturated rings. The van der Waals surface area contributed by atoms with E-state index in [1.54, 1.807) is 5.57 Å². The third-order valence-electron chi connectivity index (χ3n) is 15.9. The molecule has 1 spiro atoms. The molecule has 0 amide bonds. The molecule has 7 aliphatic rings. The molecule has 2 heteroatoms. The molecule has 310 valence electrons. The van der Waals surface area contributed by atoms with Gasteiger partial charge in [0.15, 0.2) is 0 Å². The van der Waals surface area contributed by atoms with Gasteiger partial charge in [-0.1, -0.05) is 177 Å². The molecule has 0 bridgehead atoms. The van der Waals surface area contributed by atoms with E-state index in [4.69, 9.17) is 0 Å². The molecule has 6 aromatic rings. The van der Waals surface area contributed by atoms with Gasteiger partial charge in [-0.15, -0.1) is 0 Å². The molecule has 0 radical (unpaired) electrons. The lowest BCUT2D eigenvalue weighted by Gasteiger charge is -2.40. The van der Waals surface area contributed by atoms with Crippen molar-refractivity contribution in [2.45, 2.75) is 44.1 Å². The lowest BCUT2D eigenvalue weighted by molar-refractivity contribution is 0.401.